The lowest BCUT2D eigenvalue weighted by Gasteiger charge is -2.40. The fourth-order valence-corrected chi connectivity index (χ4v) is 4.41. The Hall–Kier alpha value is -1.90. The second-order valence-electron chi connectivity index (χ2n) is 6.90. The number of benzene rings is 2. The van der Waals surface area contributed by atoms with Crippen LogP contribution in [0.4, 0.5) is 18.9 Å². The number of hydrogen-bond acceptors (Lipinski definition) is 4. The van der Waals surface area contributed by atoms with Crippen LogP contribution >= 0.6 is 23.4 Å². The van der Waals surface area contributed by atoms with Crippen LogP contribution in [-0.2, 0) is 11.0 Å². The Kier molecular flexibility index (Phi) is 6.65. The molecule has 156 valence electrons. The summed E-state index contributed by atoms with van der Waals surface area (Å²) in [5.41, 5.74) is 0.214. The molecule has 0 bridgehead atoms. The molecule has 29 heavy (non-hydrogen) atoms. The van der Waals surface area contributed by atoms with Crippen molar-refractivity contribution in [3.8, 4) is 0 Å². The highest BCUT2D eigenvalue weighted by Gasteiger charge is 2.30. The molecule has 0 radical (unpaired) electrons. The van der Waals surface area contributed by atoms with Crippen LogP contribution in [0, 0.1) is 0 Å². The van der Waals surface area contributed by atoms with Gasteiger partial charge < -0.3 is 10.0 Å². The van der Waals surface area contributed by atoms with Crippen molar-refractivity contribution < 1.29 is 23.1 Å². The Labute approximate surface area is 176 Å². The van der Waals surface area contributed by atoms with E-state index in [0.29, 0.717) is 29.6 Å². The molecule has 1 aliphatic heterocycles. The number of carboxylic acid groups (broad SMARTS) is 1. The maximum atomic E-state index is 12.8. The van der Waals surface area contributed by atoms with Crippen LogP contribution in [-0.4, -0.2) is 48.2 Å². The SMILES string of the molecule is CC1CN(c2cc(Cl)ccc2Sc2ccc(C(F)(F)F)cc2)CCN1CC(=O)O. The Bertz CT molecular complexity index is 877. The van der Waals surface area contributed by atoms with Crippen molar-refractivity contribution >= 4 is 35.0 Å². The quantitative estimate of drug-likeness (QED) is 0.694. The van der Waals surface area contributed by atoms with Crippen LogP contribution in [0.5, 0.6) is 0 Å². The largest absolute Gasteiger partial charge is 0.480 e. The second-order valence-corrected chi connectivity index (χ2v) is 8.45. The van der Waals surface area contributed by atoms with Gasteiger partial charge in [0.15, 0.2) is 0 Å². The number of halogens is 4. The van der Waals surface area contributed by atoms with Gasteiger partial charge in [-0.25, -0.2) is 0 Å². The zero-order chi connectivity index (χ0) is 21.2. The smallest absolute Gasteiger partial charge is 0.416 e. The van der Waals surface area contributed by atoms with Crippen molar-refractivity contribution in [3.63, 3.8) is 0 Å². The summed E-state index contributed by atoms with van der Waals surface area (Å²) < 4.78 is 38.3. The Balaban J connectivity index is 1.79. The van der Waals surface area contributed by atoms with Crippen LogP contribution in [0.15, 0.2) is 52.3 Å². The molecule has 0 aliphatic carbocycles. The predicted octanol–water partition coefficient (Wildman–Crippen LogP) is 5.11. The zero-order valence-electron chi connectivity index (χ0n) is 15.6. The number of nitrogens with zero attached hydrogens (tertiary/aromatic N) is 2. The summed E-state index contributed by atoms with van der Waals surface area (Å²) in [6.07, 6.45) is -4.36. The van der Waals surface area contributed by atoms with Gasteiger partial charge in [0.05, 0.1) is 17.8 Å². The maximum Gasteiger partial charge on any atom is 0.416 e. The number of aliphatic carboxylic acids is 1. The normalized spacial score (nSPS) is 18.1. The van der Waals surface area contributed by atoms with Gasteiger partial charge in [-0.15, -0.1) is 0 Å². The number of anilines is 1. The van der Waals surface area contributed by atoms with Gasteiger partial charge in [0, 0.05) is 40.5 Å². The molecule has 2 aromatic carbocycles. The molecule has 1 saturated heterocycles. The summed E-state index contributed by atoms with van der Waals surface area (Å²) in [4.78, 5) is 16.6. The van der Waals surface area contributed by atoms with Crippen LogP contribution in [0.2, 0.25) is 5.02 Å². The maximum absolute atomic E-state index is 12.8. The Morgan fingerprint density at radius 2 is 1.90 bits per heavy atom. The van der Waals surface area contributed by atoms with Crippen molar-refractivity contribution in [1.29, 1.82) is 0 Å². The molecule has 0 aromatic heterocycles. The van der Waals surface area contributed by atoms with Crippen LogP contribution in [0.1, 0.15) is 12.5 Å². The molecule has 0 amide bonds. The number of piperazine rings is 1. The molecular formula is C20H20ClF3N2O2S. The van der Waals surface area contributed by atoms with Gasteiger partial charge in [-0.3, -0.25) is 9.69 Å². The first kappa shape index (κ1) is 21.8. The van der Waals surface area contributed by atoms with Crippen molar-refractivity contribution in [1.82, 2.24) is 4.90 Å². The van der Waals surface area contributed by atoms with E-state index in [1.54, 1.807) is 6.07 Å². The number of rotatable bonds is 5. The van der Waals surface area contributed by atoms with Gasteiger partial charge in [-0.2, -0.15) is 13.2 Å². The molecule has 2 aromatic rings. The second kappa shape index (κ2) is 8.85. The molecule has 1 unspecified atom stereocenters. The first-order chi connectivity index (χ1) is 13.6. The van der Waals surface area contributed by atoms with Crippen molar-refractivity contribution in [2.24, 2.45) is 0 Å². The van der Waals surface area contributed by atoms with Gasteiger partial charge >= 0.3 is 12.1 Å². The molecule has 1 fully saturated rings. The monoisotopic (exact) mass is 444 g/mol. The average Bonchev–Trinajstić information content (AvgIpc) is 2.64. The summed E-state index contributed by atoms with van der Waals surface area (Å²) >= 11 is 7.57. The first-order valence-corrected chi connectivity index (χ1v) is 10.2. The van der Waals surface area contributed by atoms with Crippen LogP contribution in [0.25, 0.3) is 0 Å². The summed E-state index contributed by atoms with van der Waals surface area (Å²) in [5.74, 6) is -0.855. The minimum Gasteiger partial charge on any atom is -0.480 e. The van der Waals surface area contributed by atoms with Crippen molar-refractivity contribution in [2.45, 2.75) is 28.9 Å². The molecular weight excluding hydrogens is 425 g/mol. The third kappa shape index (κ3) is 5.58. The van der Waals surface area contributed by atoms with E-state index in [9.17, 15) is 18.0 Å². The highest BCUT2D eigenvalue weighted by Crippen LogP contribution is 2.39. The van der Waals surface area contributed by atoms with E-state index in [1.165, 1.54) is 23.9 Å². The van der Waals surface area contributed by atoms with Gasteiger partial charge in [-0.1, -0.05) is 23.4 Å². The molecule has 1 aliphatic rings. The zero-order valence-corrected chi connectivity index (χ0v) is 17.2. The summed E-state index contributed by atoms with van der Waals surface area (Å²) in [5, 5.41) is 9.60. The fraction of sp³-hybridized carbons (Fsp3) is 0.350. The van der Waals surface area contributed by atoms with Crippen LogP contribution < -0.4 is 4.90 Å². The van der Waals surface area contributed by atoms with Gasteiger partial charge in [0.2, 0.25) is 0 Å². The van der Waals surface area contributed by atoms with E-state index in [1.807, 2.05) is 24.0 Å². The molecule has 4 nitrogen and oxygen atoms in total. The Morgan fingerprint density at radius 1 is 1.21 bits per heavy atom. The van der Waals surface area contributed by atoms with E-state index >= 15 is 0 Å². The van der Waals surface area contributed by atoms with Crippen molar-refractivity contribution in [3.05, 3.63) is 53.1 Å². The molecule has 0 saturated carbocycles. The topological polar surface area (TPSA) is 43.8 Å². The minimum atomic E-state index is -4.36. The molecule has 1 heterocycles. The fourth-order valence-electron chi connectivity index (χ4n) is 3.29. The predicted molar refractivity (Wildman–Crippen MR) is 108 cm³/mol. The third-order valence-corrected chi connectivity index (χ3v) is 6.08. The average molecular weight is 445 g/mol. The Morgan fingerprint density at radius 3 is 2.48 bits per heavy atom. The molecule has 1 N–H and O–H groups in total. The standard InChI is InChI=1S/C20H20ClF3N2O2S/c1-13-11-26(9-8-25(13)12-19(27)28)17-10-15(21)4-7-18(17)29-16-5-2-14(3-6-16)20(22,23)24/h2-7,10,13H,8-9,11-12H2,1H3,(H,27,28). The van der Waals surface area contributed by atoms with Gasteiger partial charge in [0.25, 0.3) is 0 Å². The van der Waals surface area contributed by atoms with Gasteiger partial charge in [0.1, 0.15) is 0 Å². The van der Waals surface area contributed by atoms with E-state index in [4.69, 9.17) is 16.7 Å². The number of carboxylic acids is 1. The molecule has 3 rings (SSSR count). The minimum absolute atomic E-state index is 0.00227. The molecule has 9 heteroatoms. The molecule has 0 spiro atoms. The summed E-state index contributed by atoms with van der Waals surface area (Å²) in [7, 11) is 0. The van der Waals surface area contributed by atoms with E-state index < -0.39 is 17.7 Å². The van der Waals surface area contributed by atoms with Crippen LogP contribution in [0.3, 0.4) is 0 Å². The number of alkyl halides is 3. The summed E-state index contributed by atoms with van der Waals surface area (Å²) in [6.45, 7) is 3.84. The van der Waals surface area contributed by atoms with E-state index in [-0.39, 0.29) is 12.6 Å². The lowest BCUT2D eigenvalue weighted by atomic mass is 10.1. The lowest BCUT2D eigenvalue weighted by molar-refractivity contribution is -0.139. The van der Waals surface area contributed by atoms with Gasteiger partial charge in [-0.05, 0) is 49.4 Å². The molecule has 1 atom stereocenters. The van der Waals surface area contributed by atoms with E-state index in [0.717, 1.165) is 22.7 Å². The van der Waals surface area contributed by atoms with Crippen molar-refractivity contribution in [2.75, 3.05) is 31.1 Å². The lowest BCUT2D eigenvalue weighted by Crippen LogP contribution is -2.53. The first-order valence-electron chi connectivity index (χ1n) is 8.99. The number of carbonyl (C=O) groups is 1. The summed E-state index contributed by atoms with van der Waals surface area (Å²) in [6, 6.07) is 10.6. The number of hydrogen-bond donors (Lipinski definition) is 1. The highest BCUT2D eigenvalue weighted by molar-refractivity contribution is 7.99. The van der Waals surface area contributed by atoms with E-state index in [2.05, 4.69) is 4.90 Å². The highest BCUT2D eigenvalue weighted by atomic mass is 35.5. The third-order valence-electron chi connectivity index (χ3n) is 4.77.